The third kappa shape index (κ3) is 10.4. The summed E-state index contributed by atoms with van der Waals surface area (Å²) in [6.07, 6.45) is -3.12. The Labute approximate surface area is 219 Å². The molecule has 0 aliphatic carbocycles. The predicted molar refractivity (Wildman–Crippen MR) is 129 cm³/mol. The van der Waals surface area contributed by atoms with Crippen LogP contribution in [0.15, 0.2) is 20.8 Å². The first-order chi connectivity index (χ1) is 17.4. The Morgan fingerprint density at radius 1 is 1.14 bits per heavy atom. The summed E-state index contributed by atoms with van der Waals surface area (Å²) in [7, 11) is -4.19. The molecule has 2 atom stereocenters. The molecule has 2 heterocycles. The lowest BCUT2D eigenvalue weighted by atomic mass is 10.3. The average molecular weight is 615 g/mol. The van der Waals surface area contributed by atoms with Crippen molar-refractivity contribution in [3.8, 4) is 0 Å². The molecule has 2 rings (SSSR count). The second-order valence-corrected chi connectivity index (χ2v) is 10.4. The first-order valence-corrected chi connectivity index (χ1v) is 13.5. The quantitative estimate of drug-likeness (QED) is 0.206. The highest BCUT2D eigenvalue weighted by Gasteiger charge is 2.37. The van der Waals surface area contributed by atoms with Crippen LogP contribution in [0.3, 0.4) is 0 Å². The van der Waals surface area contributed by atoms with Gasteiger partial charge in [0.15, 0.2) is 12.5 Å². The van der Waals surface area contributed by atoms with Gasteiger partial charge in [0.1, 0.15) is 6.16 Å². The number of H-pyrrole nitrogens is 1. The smallest absolute Gasteiger partial charge is 0.432 e. The van der Waals surface area contributed by atoms with E-state index in [1.54, 1.807) is 27.7 Å². The SMILES string of the molecule is CC(C)OC(=O)OCOP(=O)(C[C@H]1OC[C@@H](n2cc(/C=C/Br)c(=O)[nH]c2=O)O1)OCOC(=O)OC(C)C. The molecule has 0 aromatic carbocycles. The number of ether oxygens (including phenoxy) is 6. The normalized spacial score (nSPS) is 17.9. The number of rotatable bonds is 12. The average Bonchev–Trinajstić information content (AvgIpc) is 3.22. The number of nitrogens with one attached hydrogen (secondary N) is 1. The molecular weight excluding hydrogens is 587 g/mol. The highest BCUT2D eigenvalue weighted by atomic mass is 79.9. The van der Waals surface area contributed by atoms with Crippen molar-refractivity contribution in [1.29, 1.82) is 0 Å². The lowest BCUT2D eigenvalue weighted by Crippen LogP contribution is -2.34. The van der Waals surface area contributed by atoms with E-state index in [0.29, 0.717) is 0 Å². The Morgan fingerprint density at radius 3 is 2.22 bits per heavy atom. The maximum absolute atomic E-state index is 13.3. The summed E-state index contributed by atoms with van der Waals surface area (Å²) in [4.78, 5) is 50.9. The van der Waals surface area contributed by atoms with Gasteiger partial charge in [-0.1, -0.05) is 15.9 Å². The van der Waals surface area contributed by atoms with Crippen LogP contribution in [0.25, 0.3) is 6.08 Å². The minimum Gasteiger partial charge on any atom is -0.432 e. The Hall–Kier alpha value is -2.49. The Morgan fingerprint density at radius 2 is 1.70 bits per heavy atom. The van der Waals surface area contributed by atoms with Crippen LogP contribution in [0.2, 0.25) is 0 Å². The molecule has 1 N–H and O–H groups in total. The van der Waals surface area contributed by atoms with Gasteiger partial charge in [0, 0.05) is 6.20 Å². The molecule has 1 aliphatic rings. The van der Waals surface area contributed by atoms with E-state index in [-0.39, 0.29) is 12.2 Å². The van der Waals surface area contributed by atoms with Gasteiger partial charge in [0.25, 0.3) is 5.56 Å². The van der Waals surface area contributed by atoms with E-state index in [4.69, 9.17) is 37.5 Å². The van der Waals surface area contributed by atoms with Gasteiger partial charge in [-0.3, -0.25) is 28.0 Å². The van der Waals surface area contributed by atoms with Crippen molar-refractivity contribution >= 4 is 41.9 Å². The minimum absolute atomic E-state index is 0.150. The first kappa shape index (κ1) is 30.7. The maximum atomic E-state index is 13.3. The second-order valence-electron chi connectivity index (χ2n) is 7.81. The molecule has 1 aromatic rings. The third-order valence-corrected chi connectivity index (χ3v) is 6.18. The Bertz CT molecular complexity index is 1080. The highest BCUT2D eigenvalue weighted by molar-refractivity contribution is 9.11. The molecule has 17 heteroatoms. The lowest BCUT2D eigenvalue weighted by Gasteiger charge is -2.21. The number of aromatic amines is 1. The van der Waals surface area contributed by atoms with E-state index < -0.39 is 75.6 Å². The van der Waals surface area contributed by atoms with Crippen molar-refractivity contribution in [3.05, 3.63) is 37.6 Å². The van der Waals surface area contributed by atoms with Crippen LogP contribution in [-0.2, 0) is 42.0 Å². The van der Waals surface area contributed by atoms with E-state index in [0.717, 1.165) is 4.57 Å². The molecule has 15 nitrogen and oxygen atoms in total. The fourth-order valence-electron chi connectivity index (χ4n) is 2.67. The van der Waals surface area contributed by atoms with Crippen LogP contribution in [0.1, 0.15) is 39.5 Å². The molecule has 0 unspecified atom stereocenters. The van der Waals surface area contributed by atoms with Crippen LogP contribution < -0.4 is 11.2 Å². The molecule has 208 valence electrons. The molecule has 0 saturated carbocycles. The van der Waals surface area contributed by atoms with Gasteiger partial charge < -0.3 is 28.4 Å². The predicted octanol–water partition coefficient (Wildman–Crippen LogP) is 3.04. The molecule has 1 saturated heterocycles. The van der Waals surface area contributed by atoms with Gasteiger partial charge in [0.05, 0.1) is 24.4 Å². The summed E-state index contributed by atoms with van der Waals surface area (Å²) in [6, 6.07) is 0. The topological polar surface area (TPSA) is 180 Å². The summed E-state index contributed by atoms with van der Waals surface area (Å²) in [5.41, 5.74) is -1.20. The van der Waals surface area contributed by atoms with Crippen molar-refractivity contribution in [3.63, 3.8) is 0 Å². The van der Waals surface area contributed by atoms with Gasteiger partial charge in [-0.05, 0) is 38.8 Å². The zero-order chi connectivity index (χ0) is 27.6. The standard InChI is InChI=1S/C20H28BrN2O13P/c1-12(2)34-19(26)30-10-32-37(28,33-11-31-20(27)35-13(3)4)9-16-29-8-15(36-16)23-7-14(5-6-21)17(24)22-18(23)25/h5-7,12-13,15-16H,8-11H2,1-4H3,(H,22,24,25)/b6-5+/t15-,16-/m0/s1. The van der Waals surface area contributed by atoms with E-state index >= 15 is 0 Å². The number of carbonyl (C=O) groups is 2. The van der Waals surface area contributed by atoms with Gasteiger partial charge >= 0.3 is 25.6 Å². The zero-order valence-electron chi connectivity index (χ0n) is 20.4. The van der Waals surface area contributed by atoms with Gasteiger partial charge in [0.2, 0.25) is 13.6 Å². The minimum atomic E-state index is -4.19. The molecule has 0 amide bonds. The third-order valence-electron chi connectivity index (χ3n) is 4.17. The fraction of sp³-hybridized carbons (Fsp3) is 0.600. The van der Waals surface area contributed by atoms with E-state index in [1.165, 1.54) is 17.3 Å². The molecule has 0 radical (unpaired) electrons. The summed E-state index contributed by atoms with van der Waals surface area (Å²) >= 11 is 3.06. The van der Waals surface area contributed by atoms with Crippen LogP contribution in [0, 0.1) is 0 Å². The molecule has 37 heavy (non-hydrogen) atoms. The van der Waals surface area contributed by atoms with Crippen molar-refractivity contribution in [1.82, 2.24) is 9.55 Å². The number of hydrogen-bond donors (Lipinski definition) is 1. The molecule has 0 spiro atoms. The van der Waals surface area contributed by atoms with Crippen LogP contribution in [-0.4, -0.2) is 66.7 Å². The number of carbonyl (C=O) groups excluding carboxylic acids is 2. The number of halogens is 1. The van der Waals surface area contributed by atoms with Crippen molar-refractivity contribution in [2.24, 2.45) is 0 Å². The summed E-state index contributed by atoms with van der Waals surface area (Å²) in [5, 5.41) is 0. The summed E-state index contributed by atoms with van der Waals surface area (Å²) < 4.78 is 54.7. The Balaban J connectivity index is 2.07. The van der Waals surface area contributed by atoms with E-state index in [9.17, 15) is 23.7 Å². The summed E-state index contributed by atoms with van der Waals surface area (Å²) in [6.45, 7) is 4.60. The van der Waals surface area contributed by atoms with Gasteiger partial charge in [-0.2, -0.15) is 0 Å². The van der Waals surface area contributed by atoms with Crippen molar-refractivity contribution in [2.75, 3.05) is 26.4 Å². The second kappa shape index (κ2) is 14.4. The van der Waals surface area contributed by atoms with Crippen molar-refractivity contribution < 1.29 is 51.6 Å². The van der Waals surface area contributed by atoms with Crippen LogP contribution >= 0.6 is 23.5 Å². The zero-order valence-corrected chi connectivity index (χ0v) is 22.9. The van der Waals surface area contributed by atoms with Crippen LogP contribution in [0.4, 0.5) is 9.59 Å². The number of nitrogens with zero attached hydrogens (tertiary/aromatic N) is 1. The molecular formula is C20H28BrN2O13P. The molecule has 1 fully saturated rings. The highest BCUT2D eigenvalue weighted by Crippen LogP contribution is 2.50. The molecule has 1 aliphatic heterocycles. The summed E-state index contributed by atoms with van der Waals surface area (Å²) in [5.74, 6) is 0. The maximum Gasteiger partial charge on any atom is 0.510 e. The van der Waals surface area contributed by atoms with Gasteiger partial charge in [-0.25, -0.2) is 14.4 Å². The van der Waals surface area contributed by atoms with Crippen LogP contribution in [0.5, 0.6) is 0 Å². The monoisotopic (exact) mass is 614 g/mol. The van der Waals surface area contributed by atoms with E-state index in [2.05, 4.69) is 20.9 Å². The van der Waals surface area contributed by atoms with E-state index in [1.807, 2.05) is 0 Å². The largest absolute Gasteiger partial charge is 0.510 e. The Kier molecular flexibility index (Phi) is 12.0. The molecule has 0 bridgehead atoms. The number of hydrogen-bond acceptors (Lipinski definition) is 13. The number of aromatic nitrogens is 2. The molecule has 1 aromatic heterocycles. The fourth-order valence-corrected chi connectivity index (χ4v) is 4.23. The lowest BCUT2D eigenvalue weighted by molar-refractivity contribution is -0.0649. The first-order valence-electron chi connectivity index (χ1n) is 10.9. The van der Waals surface area contributed by atoms with Crippen molar-refractivity contribution in [2.45, 2.75) is 52.4 Å². The van der Waals surface area contributed by atoms with Gasteiger partial charge in [-0.15, -0.1) is 0 Å².